The minimum Gasteiger partial charge on any atom is -0.455 e. The first-order chi connectivity index (χ1) is 18.8. The second-order valence-corrected chi connectivity index (χ2v) is 12.3. The summed E-state index contributed by atoms with van der Waals surface area (Å²) in [5.41, 5.74) is -3.79. The summed E-state index contributed by atoms with van der Waals surface area (Å²) in [4.78, 5) is 41.2. The molecule has 0 spiro atoms. The molecule has 40 heavy (non-hydrogen) atoms. The number of methoxy groups -OCH3 is 2. The number of aliphatic hydroxyl groups is 1. The molecule has 0 aromatic heterocycles. The van der Waals surface area contributed by atoms with Crippen molar-refractivity contribution >= 4 is 17.7 Å². The van der Waals surface area contributed by atoms with Gasteiger partial charge in [0.05, 0.1) is 29.6 Å². The van der Waals surface area contributed by atoms with Crippen molar-refractivity contribution in [3.63, 3.8) is 0 Å². The Morgan fingerprint density at radius 3 is 2.30 bits per heavy atom. The summed E-state index contributed by atoms with van der Waals surface area (Å²) in [6, 6.07) is 8.49. The highest BCUT2D eigenvalue weighted by molar-refractivity contribution is 5.94. The van der Waals surface area contributed by atoms with Crippen LogP contribution in [0.25, 0.3) is 0 Å². The third kappa shape index (κ3) is 3.77. The van der Waals surface area contributed by atoms with E-state index < -0.39 is 64.3 Å². The van der Waals surface area contributed by atoms with Gasteiger partial charge < -0.3 is 28.8 Å². The first kappa shape index (κ1) is 28.9. The molecule has 1 radical (unpaired) electrons. The predicted octanol–water partition coefficient (Wildman–Crippen LogP) is 3.23. The molecule has 1 heterocycles. The van der Waals surface area contributed by atoms with Crippen molar-refractivity contribution in [2.75, 3.05) is 20.8 Å². The molecule has 4 aliphatic rings. The van der Waals surface area contributed by atoms with E-state index in [2.05, 4.69) is 0 Å². The quantitative estimate of drug-likeness (QED) is 0.547. The van der Waals surface area contributed by atoms with Gasteiger partial charge in [-0.25, -0.2) is 4.79 Å². The van der Waals surface area contributed by atoms with Crippen LogP contribution in [0.3, 0.4) is 0 Å². The van der Waals surface area contributed by atoms with Crippen LogP contribution in [0.15, 0.2) is 41.5 Å². The Hall–Kier alpha value is -2.59. The van der Waals surface area contributed by atoms with Crippen LogP contribution in [0.1, 0.15) is 57.8 Å². The third-order valence-corrected chi connectivity index (χ3v) is 10.1. The summed E-state index contributed by atoms with van der Waals surface area (Å²) in [5, 5.41) is 12.9. The van der Waals surface area contributed by atoms with E-state index in [1.807, 2.05) is 27.2 Å². The fourth-order valence-corrected chi connectivity index (χ4v) is 7.96. The maximum Gasteiger partial charge on any atom is 0.338 e. The molecular weight excluding hydrogens is 516 g/mol. The van der Waals surface area contributed by atoms with Crippen molar-refractivity contribution < 1.29 is 43.2 Å². The molecule has 8 atom stereocenters. The van der Waals surface area contributed by atoms with Crippen molar-refractivity contribution in [1.82, 2.24) is 0 Å². The van der Waals surface area contributed by atoms with Gasteiger partial charge in [0.1, 0.15) is 23.9 Å². The SMILES string of the molecule is CO[C@H]1C(=O)[C@]2(C)[C@@H](OC)C[C@H]3OC[C@@]3(OC(C)=O)[C@H]2[C@H](OC(=O)c2ccccc2)[C@]2(O)C[CH]C(C)=C1C2(C)C. The number of hydrogen-bond acceptors (Lipinski definition) is 9. The predicted molar refractivity (Wildman–Crippen MR) is 143 cm³/mol. The Balaban J connectivity index is 1.82. The Morgan fingerprint density at radius 1 is 1.07 bits per heavy atom. The van der Waals surface area contributed by atoms with Crippen molar-refractivity contribution in [3.8, 4) is 0 Å². The highest BCUT2D eigenvalue weighted by Crippen LogP contribution is 2.64. The molecule has 1 aliphatic heterocycles. The van der Waals surface area contributed by atoms with Crippen LogP contribution < -0.4 is 0 Å². The minimum absolute atomic E-state index is 0.0137. The Bertz CT molecular complexity index is 1240. The standard InChI is InChI=1S/C31H39O9/c1-17-13-14-31(35)26(39-27(34)19-11-9-8-10-12-19)24-29(5,25(33)23(37-7)22(17)28(31,3)4)20(36-6)15-21-30(24,16-38-21)40-18(2)32/h8-13,20-21,23-24,26,35H,14-16H2,1-7H3/t20-,21+,23+,24-,26-,29+,30-,31+/m0/s1. The van der Waals surface area contributed by atoms with Gasteiger partial charge in [-0.2, -0.15) is 0 Å². The number of benzene rings is 1. The molecule has 0 unspecified atom stereocenters. The van der Waals surface area contributed by atoms with E-state index in [9.17, 15) is 19.5 Å². The van der Waals surface area contributed by atoms with Crippen LogP contribution in [0.5, 0.6) is 0 Å². The van der Waals surface area contributed by atoms with Gasteiger partial charge in [0.15, 0.2) is 11.4 Å². The molecule has 217 valence electrons. The zero-order valence-electron chi connectivity index (χ0n) is 24.2. The zero-order chi connectivity index (χ0) is 29.3. The highest BCUT2D eigenvalue weighted by Gasteiger charge is 2.77. The normalized spacial score (nSPS) is 40.1. The summed E-state index contributed by atoms with van der Waals surface area (Å²) >= 11 is 0. The Morgan fingerprint density at radius 2 is 1.75 bits per heavy atom. The fraction of sp³-hybridized carbons (Fsp3) is 0.613. The number of hydrogen-bond donors (Lipinski definition) is 1. The highest BCUT2D eigenvalue weighted by atomic mass is 16.6. The van der Waals surface area contributed by atoms with Crippen molar-refractivity contribution in [3.05, 3.63) is 53.5 Å². The summed E-state index contributed by atoms with van der Waals surface area (Å²) in [6.07, 6.45) is -1.36. The molecule has 1 saturated heterocycles. The van der Waals surface area contributed by atoms with E-state index in [1.165, 1.54) is 21.1 Å². The molecule has 0 amide bonds. The van der Waals surface area contributed by atoms with Gasteiger partial charge in [-0.3, -0.25) is 9.59 Å². The average molecular weight is 556 g/mol. The smallest absolute Gasteiger partial charge is 0.338 e. The average Bonchev–Trinajstić information content (AvgIpc) is 2.90. The number of fused-ring (bicyclic) bond motifs is 5. The number of carbonyl (C=O) groups excluding carboxylic acids is 3. The van der Waals surface area contributed by atoms with Gasteiger partial charge in [-0.15, -0.1) is 0 Å². The number of ether oxygens (including phenoxy) is 5. The molecule has 9 heteroatoms. The molecular formula is C31H39O9. The monoisotopic (exact) mass is 555 g/mol. The van der Waals surface area contributed by atoms with E-state index in [0.717, 1.165) is 5.57 Å². The second kappa shape index (κ2) is 9.76. The topological polar surface area (TPSA) is 118 Å². The lowest BCUT2D eigenvalue weighted by Crippen LogP contribution is -2.81. The molecule has 5 rings (SSSR count). The van der Waals surface area contributed by atoms with Gasteiger partial charge in [0, 0.05) is 33.0 Å². The van der Waals surface area contributed by atoms with Crippen LogP contribution >= 0.6 is 0 Å². The minimum atomic E-state index is -1.71. The molecule has 3 fully saturated rings. The van der Waals surface area contributed by atoms with Gasteiger partial charge in [-0.1, -0.05) is 37.6 Å². The van der Waals surface area contributed by atoms with E-state index >= 15 is 0 Å². The van der Waals surface area contributed by atoms with Crippen molar-refractivity contribution in [2.24, 2.45) is 16.7 Å². The summed E-state index contributed by atoms with van der Waals surface area (Å²) in [5.74, 6) is -2.52. The fourth-order valence-electron chi connectivity index (χ4n) is 7.96. The lowest BCUT2D eigenvalue weighted by molar-refractivity contribution is -0.346. The third-order valence-electron chi connectivity index (χ3n) is 10.1. The number of rotatable bonds is 5. The first-order valence-electron chi connectivity index (χ1n) is 13.7. The molecule has 3 aliphatic carbocycles. The van der Waals surface area contributed by atoms with Gasteiger partial charge in [0.2, 0.25) is 0 Å². The molecule has 2 bridgehead atoms. The second-order valence-electron chi connectivity index (χ2n) is 12.3. The summed E-state index contributed by atoms with van der Waals surface area (Å²) in [7, 11) is 2.99. The van der Waals surface area contributed by atoms with Crippen LogP contribution in [0.2, 0.25) is 0 Å². The van der Waals surface area contributed by atoms with E-state index in [1.54, 1.807) is 37.3 Å². The molecule has 1 aromatic carbocycles. The van der Waals surface area contributed by atoms with E-state index in [-0.39, 0.29) is 25.2 Å². The van der Waals surface area contributed by atoms with Crippen molar-refractivity contribution in [1.29, 1.82) is 0 Å². The lowest BCUT2D eigenvalue weighted by Gasteiger charge is -2.67. The number of Topliss-reactive ketones (excluding diaryl/α,β-unsaturated/α-hetero) is 1. The number of carbonyl (C=O) groups is 3. The zero-order valence-corrected chi connectivity index (χ0v) is 24.2. The molecule has 1 aromatic rings. The maximum atomic E-state index is 14.8. The molecule has 1 N–H and O–H groups in total. The lowest BCUT2D eigenvalue weighted by atomic mass is 9.45. The Kier molecular flexibility index (Phi) is 7.05. The van der Waals surface area contributed by atoms with Gasteiger partial charge in [0.25, 0.3) is 0 Å². The largest absolute Gasteiger partial charge is 0.455 e. The van der Waals surface area contributed by atoms with Gasteiger partial charge >= 0.3 is 11.9 Å². The summed E-state index contributed by atoms with van der Waals surface area (Å²) in [6.45, 7) is 8.62. The van der Waals surface area contributed by atoms with Crippen molar-refractivity contribution in [2.45, 2.75) is 83.1 Å². The summed E-state index contributed by atoms with van der Waals surface area (Å²) < 4.78 is 30.2. The number of allylic oxidation sites excluding steroid dienone is 1. The van der Waals surface area contributed by atoms with E-state index in [4.69, 9.17) is 23.7 Å². The number of esters is 2. The van der Waals surface area contributed by atoms with Gasteiger partial charge in [-0.05, 0) is 44.4 Å². The van der Waals surface area contributed by atoms with Crippen LogP contribution in [0.4, 0.5) is 0 Å². The Labute approximate surface area is 235 Å². The number of ketones is 1. The van der Waals surface area contributed by atoms with E-state index in [0.29, 0.717) is 11.1 Å². The maximum absolute atomic E-state index is 14.8. The van der Waals surface area contributed by atoms with Crippen LogP contribution in [-0.2, 0) is 33.3 Å². The first-order valence-corrected chi connectivity index (χ1v) is 13.7. The van der Waals surface area contributed by atoms with Crippen LogP contribution in [0, 0.1) is 23.2 Å². The molecule has 9 nitrogen and oxygen atoms in total. The van der Waals surface area contributed by atoms with Crippen LogP contribution in [-0.4, -0.2) is 79.3 Å². The molecule has 2 saturated carbocycles.